The molecule has 1 fully saturated rings. The van der Waals surface area contributed by atoms with Gasteiger partial charge in [0.05, 0.1) is 4.90 Å². The van der Waals surface area contributed by atoms with E-state index in [9.17, 15) is 8.42 Å². The van der Waals surface area contributed by atoms with Crippen LogP contribution in [0.2, 0.25) is 0 Å². The van der Waals surface area contributed by atoms with E-state index in [2.05, 4.69) is 4.72 Å². The van der Waals surface area contributed by atoms with Gasteiger partial charge in [-0.3, -0.25) is 0 Å². The largest absolute Gasteiger partial charge is 0.240 e. The molecule has 1 aromatic rings. The fourth-order valence-electron chi connectivity index (χ4n) is 2.37. The zero-order chi connectivity index (χ0) is 14.0. The van der Waals surface area contributed by atoms with Crippen molar-refractivity contribution in [3.63, 3.8) is 0 Å². The quantitative estimate of drug-likeness (QED) is 0.872. The highest BCUT2D eigenvalue weighted by atomic mass is 35.5. The lowest BCUT2D eigenvalue weighted by Gasteiger charge is -2.27. The molecule has 0 spiro atoms. The SMILES string of the molecule is Cc1ccc(S(=O)(=O)NC2CCCCC2Cl)cc1C. The van der Waals surface area contributed by atoms with Crippen molar-refractivity contribution in [3.05, 3.63) is 29.3 Å². The molecule has 0 saturated heterocycles. The average molecular weight is 302 g/mol. The molecule has 2 atom stereocenters. The summed E-state index contributed by atoms with van der Waals surface area (Å²) in [6, 6.07) is 5.05. The lowest BCUT2D eigenvalue weighted by atomic mass is 9.96. The zero-order valence-electron chi connectivity index (χ0n) is 11.3. The van der Waals surface area contributed by atoms with Gasteiger partial charge in [-0.1, -0.05) is 18.9 Å². The molecule has 0 heterocycles. The predicted octanol–water partition coefficient (Wildman–Crippen LogP) is 3.13. The molecule has 1 aliphatic rings. The molecule has 2 unspecified atom stereocenters. The summed E-state index contributed by atoms with van der Waals surface area (Å²) in [6.45, 7) is 3.88. The van der Waals surface area contributed by atoms with Crippen LogP contribution in [-0.2, 0) is 10.0 Å². The maximum Gasteiger partial charge on any atom is 0.240 e. The molecule has 1 aliphatic carbocycles. The van der Waals surface area contributed by atoms with E-state index in [-0.39, 0.29) is 11.4 Å². The van der Waals surface area contributed by atoms with Crippen LogP contribution in [0.4, 0.5) is 0 Å². The zero-order valence-corrected chi connectivity index (χ0v) is 12.9. The minimum atomic E-state index is -3.47. The Bertz CT molecular complexity index is 557. The minimum Gasteiger partial charge on any atom is -0.207 e. The molecule has 19 heavy (non-hydrogen) atoms. The van der Waals surface area contributed by atoms with E-state index in [4.69, 9.17) is 11.6 Å². The first kappa shape index (κ1) is 14.8. The van der Waals surface area contributed by atoms with Gasteiger partial charge in [0.2, 0.25) is 10.0 Å². The second kappa shape index (κ2) is 5.81. The van der Waals surface area contributed by atoms with Crippen molar-refractivity contribution < 1.29 is 8.42 Å². The van der Waals surface area contributed by atoms with E-state index >= 15 is 0 Å². The van der Waals surface area contributed by atoms with Crippen LogP contribution in [0.5, 0.6) is 0 Å². The highest BCUT2D eigenvalue weighted by Crippen LogP contribution is 2.25. The maximum absolute atomic E-state index is 12.3. The summed E-state index contributed by atoms with van der Waals surface area (Å²) in [6.07, 6.45) is 3.80. The summed E-state index contributed by atoms with van der Waals surface area (Å²) in [4.78, 5) is 0.324. The summed E-state index contributed by atoms with van der Waals surface area (Å²) in [5.41, 5.74) is 2.07. The Kier molecular flexibility index (Phi) is 4.54. The molecule has 0 amide bonds. The van der Waals surface area contributed by atoms with Gasteiger partial charge in [0.15, 0.2) is 0 Å². The molecule has 3 nitrogen and oxygen atoms in total. The number of aryl methyl sites for hydroxylation is 2. The lowest BCUT2D eigenvalue weighted by Crippen LogP contribution is -2.42. The van der Waals surface area contributed by atoms with Crippen molar-refractivity contribution in [2.75, 3.05) is 0 Å². The van der Waals surface area contributed by atoms with Crippen LogP contribution in [-0.4, -0.2) is 19.8 Å². The molecule has 1 saturated carbocycles. The summed E-state index contributed by atoms with van der Waals surface area (Å²) in [5, 5.41) is -0.102. The molecular formula is C14H20ClNO2S. The Morgan fingerprint density at radius 2 is 1.84 bits per heavy atom. The topological polar surface area (TPSA) is 46.2 Å². The molecule has 0 aliphatic heterocycles. The first-order valence-electron chi connectivity index (χ1n) is 6.64. The molecule has 0 bridgehead atoms. The Labute approximate surface area is 120 Å². The lowest BCUT2D eigenvalue weighted by molar-refractivity contribution is 0.418. The molecular weight excluding hydrogens is 282 g/mol. The second-order valence-corrected chi connectivity index (χ2v) is 7.55. The van der Waals surface area contributed by atoms with Gasteiger partial charge in [-0.2, -0.15) is 0 Å². The fraction of sp³-hybridized carbons (Fsp3) is 0.571. The number of nitrogens with one attached hydrogen (secondary N) is 1. The van der Waals surface area contributed by atoms with E-state index in [1.54, 1.807) is 12.1 Å². The smallest absolute Gasteiger partial charge is 0.207 e. The third-order valence-corrected chi connectivity index (χ3v) is 5.79. The molecule has 1 aromatic carbocycles. The Balaban J connectivity index is 2.19. The van der Waals surface area contributed by atoms with Gasteiger partial charge in [0, 0.05) is 11.4 Å². The molecule has 0 radical (unpaired) electrons. The number of hydrogen-bond acceptors (Lipinski definition) is 2. The van der Waals surface area contributed by atoms with Crippen LogP contribution >= 0.6 is 11.6 Å². The monoisotopic (exact) mass is 301 g/mol. The van der Waals surface area contributed by atoms with Crippen LogP contribution in [0.15, 0.2) is 23.1 Å². The Morgan fingerprint density at radius 1 is 1.16 bits per heavy atom. The number of hydrogen-bond donors (Lipinski definition) is 1. The molecule has 0 aromatic heterocycles. The summed E-state index contributed by atoms with van der Waals surface area (Å²) in [5.74, 6) is 0. The second-order valence-electron chi connectivity index (χ2n) is 5.27. The number of alkyl halides is 1. The van der Waals surface area contributed by atoms with E-state index in [0.29, 0.717) is 4.90 Å². The van der Waals surface area contributed by atoms with E-state index in [1.165, 1.54) is 0 Å². The van der Waals surface area contributed by atoms with Crippen molar-refractivity contribution in [1.29, 1.82) is 0 Å². The van der Waals surface area contributed by atoms with Crippen molar-refractivity contribution >= 4 is 21.6 Å². The van der Waals surface area contributed by atoms with Crippen molar-refractivity contribution in [3.8, 4) is 0 Å². The van der Waals surface area contributed by atoms with Gasteiger partial charge in [0.1, 0.15) is 0 Å². The van der Waals surface area contributed by atoms with Gasteiger partial charge in [-0.05, 0) is 49.9 Å². The normalized spacial score (nSPS) is 24.4. The van der Waals surface area contributed by atoms with Crippen LogP contribution in [0.1, 0.15) is 36.8 Å². The highest BCUT2D eigenvalue weighted by molar-refractivity contribution is 7.89. The first-order chi connectivity index (χ1) is 8.90. The standard InChI is InChI=1S/C14H20ClNO2S/c1-10-7-8-12(9-11(10)2)19(17,18)16-14-6-4-3-5-13(14)15/h7-9,13-14,16H,3-6H2,1-2H3. The molecule has 1 N–H and O–H groups in total. The number of sulfonamides is 1. The average Bonchev–Trinajstić information content (AvgIpc) is 2.35. The van der Waals surface area contributed by atoms with Crippen LogP contribution in [0.3, 0.4) is 0 Å². The van der Waals surface area contributed by atoms with Crippen molar-refractivity contribution in [2.24, 2.45) is 0 Å². The van der Waals surface area contributed by atoms with Gasteiger partial charge >= 0.3 is 0 Å². The van der Waals surface area contributed by atoms with Gasteiger partial charge in [-0.15, -0.1) is 11.6 Å². The van der Waals surface area contributed by atoms with Gasteiger partial charge < -0.3 is 0 Å². The molecule has 5 heteroatoms. The number of rotatable bonds is 3. The van der Waals surface area contributed by atoms with Crippen LogP contribution in [0, 0.1) is 13.8 Å². The summed E-state index contributed by atoms with van der Waals surface area (Å²) < 4.78 is 27.4. The van der Waals surface area contributed by atoms with Gasteiger partial charge in [-0.25, -0.2) is 13.1 Å². The maximum atomic E-state index is 12.3. The summed E-state index contributed by atoms with van der Waals surface area (Å²) >= 11 is 6.21. The van der Waals surface area contributed by atoms with Crippen molar-refractivity contribution in [1.82, 2.24) is 4.72 Å². The van der Waals surface area contributed by atoms with E-state index in [0.717, 1.165) is 36.8 Å². The van der Waals surface area contributed by atoms with Crippen LogP contribution in [0.25, 0.3) is 0 Å². The third kappa shape index (κ3) is 3.50. The first-order valence-corrected chi connectivity index (χ1v) is 8.56. The highest BCUT2D eigenvalue weighted by Gasteiger charge is 2.28. The minimum absolute atomic E-state index is 0.102. The predicted molar refractivity (Wildman–Crippen MR) is 78.1 cm³/mol. The Hall–Kier alpha value is -0.580. The summed E-state index contributed by atoms with van der Waals surface area (Å²) in [7, 11) is -3.47. The molecule has 2 rings (SSSR count). The van der Waals surface area contributed by atoms with E-state index in [1.807, 2.05) is 19.9 Å². The third-order valence-electron chi connectivity index (χ3n) is 3.78. The number of halogens is 1. The molecule has 106 valence electrons. The number of benzene rings is 1. The van der Waals surface area contributed by atoms with Crippen molar-refractivity contribution in [2.45, 2.75) is 55.8 Å². The van der Waals surface area contributed by atoms with Gasteiger partial charge in [0.25, 0.3) is 0 Å². The van der Waals surface area contributed by atoms with E-state index < -0.39 is 10.0 Å². The fourth-order valence-corrected chi connectivity index (χ4v) is 4.18. The Morgan fingerprint density at radius 3 is 2.47 bits per heavy atom. The van der Waals surface area contributed by atoms with Crippen LogP contribution < -0.4 is 4.72 Å².